The predicted octanol–water partition coefficient (Wildman–Crippen LogP) is 6.56. The van der Waals surface area contributed by atoms with Gasteiger partial charge in [0.2, 0.25) is 5.95 Å². The number of urea groups is 1. The number of sulfone groups is 2. The van der Waals surface area contributed by atoms with Gasteiger partial charge in [-0.05, 0) is 74.1 Å². The lowest BCUT2D eigenvalue weighted by Gasteiger charge is -2.32. The summed E-state index contributed by atoms with van der Waals surface area (Å²) in [4.78, 5) is 36.8. The maximum atomic E-state index is 13.8. The number of hydrogen-bond donors (Lipinski definition) is 3. The molecule has 0 aliphatic carbocycles. The van der Waals surface area contributed by atoms with E-state index in [1.54, 1.807) is 33.8 Å². The molecule has 1 fully saturated rings. The minimum Gasteiger partial charge on any atom is -0.339 e. The standard InChI is InChI=1S/C40H46N8O6S2/c1-26-14-16-30(17-15-26)48-34(24-33(46-48)40(2,3)4)43-39(50)41-29-11-9-10-28(23-29)22-27-18-20-47(21-19-27)37(49)31-12-7-8-13-32(31)42-38-44-35(55(5,51)52)25-36(45-38)56(6,53)54/h7-17,23-25,27H,18-22H2,1-6H3,(H2,41,43,50)(H,42,44,45). The zero-order valence-corrected chi connectivity index (χ0v) is 33.8. The fraction of sp³-hybridized carbons (Fsp3) is 0.325. The number of nitrogens with zero attached hydrogens (tertiary/aromatic N) is 5. The molecule has 0 bridgehead atoms. The third-order valence-corrected chi connectivity index (χ3v) is 11.4. The van der Waals surface area contributed by atoms with Crippen LogP contribution in [0.25, 0.3) is 5.69 Å². The van der Waals surface area contributed by atoms with Gasteiger partial charge in [0.25, 0.3) is 5.91 Å². The molecule has 0 saturated carbocycles. The zero-order chi connectivity index (χ0) is 40.4. The first-order valence-electron chi connectivity index (χ1n) is 18.1. The lowest BCUT2D eigenvalue weighted by atomic mass is 9.89. The number of hydrogen-bond acceptors (Lipinski definition) is 10. The summed E-state index contributed by atoms with van der Waals surface area (Å²) in [5.74, 6) is 0.371. The third kappa shape index (κ3) is 9.78. The zero-order valence-electron chi connectivity index (χ0n) is 32.2. The van der Waals surface area contributed by atoms with E-state index in [2.05, 4.69) is 46.7 Å². The highest BCUT2D eigenvalue weighted by molar-refractivity contribution is 7.91. The molecule has 5 aromatic rings. The van der Waals surface area contributed by atoms with Gasteiger partial charge in [0.1, 0.15) is 5.82 Å². The average molecular weight is 799 g/mol. The van der Waals surface area contributed by atoms with E-state index in [-0.39, 0.29) is 23.3 Å². The van der Waals surface area contributed by atoms with Crippen molar-refractivity contribution in [3.05, 3.63) is 107 Å². The molecule has 0 unspecified atom stereocenters. The van der Waals surface area contributed by atoms with E-state index < -0.39 is 29.7 Å². The Bertz CT molecular complexity index is 2440. The number of nitrogens with one attached hydrogen (secondary N) is 3. The molecule has 1 aliphatic rings. The van der Waals surface area contributed by atoms with Crippen LogP contribution in [0.1, 0.15) is 60.8 Å². The van der Waals surface area contributed by atoms with Crippen molar-refractivity contribution in [2.24, 2.45) is 5.92 Å². The SMILES string of the molecule is Cc1ccc(-n2nc(C(C)(C)C)cc2NC(=O)Nc2cccc(CC3CCN(C(=O)c4ccccc4Nc4nc(S(C)(=O)=O)cc(S(C)(=O)=O)n4)CC3)c2)cc1. The second-order valence-corrected chi connectivity index (χ2v) is 19.1. The number of likely N-dealkylation sites (tertiary alicyclic amines) is 1. The van der Waals surface area contributed by atoms with E-state index in [0.717, 1.165) is 60.3 Å². The van der Waals surface area contributed by atoms with Crippen molar-refractivity contribution in [1.29, 1.82) is 0 Å². The van der Waals surface area contributed by atoms with Gasteiger partial charge >= 0.3 is 6.03 Å². The first-order valence-corrected chi connectivity index (χ1v) is 21.9. The molecule has 56 heavy (non-hydrogen) atoms. The Morgan fingerprint density at radius 1 is 0.804 bits per heavy atom. The largest absolute Gasteiger partial charge is 0.339 e. The van der Waals surface area contributed by atoms with Gasteiger partial charge in [-0.25, -0.2) is 36.3 Å². The van der Waals surface area contributed by atoms with Crippen molar-refractivity contribution in [3.63, 3.8) is 0 Å². The lowest BCUT2D eigenvalue weighted by molar-refractivity contribution is 0.0691. The molecule has 2 aromatic heterocycles. The Morgan fingerprint density at radius 2 is 1.45 bits per heavy atom. The number of aryl methyl sites for hydroxylation is 1. The van der Waals surface area contributed by atoms with E-state index in [9.17, 15) is 26.4 Å². The highest BCUT2D eigenvalue weighted by Gasteiger charge is 2.27. The molecular formula is C40H46N8O6S2. The first kappa shape index (κ1) is 40.1. The Balaban J connectivity index is 1.08. The summed E-state index contributed by atoms with van der Waals surface area (Å²) >= 11 is 0. The summed E-state index contributed by atoms with van der Waals surface area (Å²) in [6.45, 7) is 9.28. The number of para-hydroxylation sites is 1. The molecule has 3 amide bonds. The van der Waals surface area contributed by atoms with Gasteiger partial charge in [-0.15, -0.1) is 0 Å². The lowest BCUT2D eigenvalue weighted by Crippen LogP contribution is -2.39. The van der Waals surface area contributed by atoms with Gasteiger partial charge in [-0.2, -0.15) is 5.10 Å². The quantitative estimate of drug-likeness (QED) is 0.131. The van der Waals surface area contributed by atoms with Crippen LogP contribution < -0.4 is 16.0 Å². The molecule has 16 heteroatoms. The van der Waals surface area contributed by atoms with Crippen molar-refractivity contribution < 1.29 is 26.4 Å². The summed E-state index contributed by atoms with van der Waals surface area (Å²) in [6.07, 6.45) is 4.13. The van der Waals surface area contributed by atoms with Gasteiger partial charge in [0.05, 0.1) is 22.6 Å². The predicted molar refractivity (Wildman–Crippen MR) is 216 cm³/mol. The Kier molecular flexibility index (Phi) is 11.3. The number of amides is 3. The molecular weight excluding hydrogens is 753 g/mol. The van der Waals surface area contributed by atoms with Gasteiger partial charge in [0, 0.05) is 48.8 Å². The summed E-state index contributed by atoms with van der Waals surface area (Å²) in [5.41, 5.74) is 4.94. The van der Waals surface area contributed by atoms with Crippen molar-refractivity contribution in [2.75, 3.05) is 41.6 Å². The highest BCUT2D eigenvalue weighted by Crippen LogP contribution is 2.29. The van der Waals surface area contributed by atoms with Gasteiger partial charge in [-0.3, -0.25) is 10.1 Å². The van der Waals surface area contributed by atoms with Crippen molar-refractivity contribution in [1.82, 2.24) is 24.6 Å². The van der Waals surface area contributed by atoms with E-state index in [1.807, 2.05) is 61.5 Å². The number of carbonyl (C=O) groups is 2. The van der Waals surface area contributed by atoms with Crippen LogP contribution in [0, 0.1) is 12.8 Å². The molecule has 0 spiro atoms. The molecule has 0 atom stereocenters. The van der Waals surface area contributed by atoms with Crippen molar-refractivity contribution in [2.45, 2.75) is 62.4 Å². The number of rotatable bonds is 10. The molecule has 0 radical (unpaired) electrons. The number of piperidine rings is 1. The van der Waals surface area contributed by atoms with Gasteiger partial charge in [0.15, 0.2) is 29.7 Å². The summed E-state index contributed by atoms with van der Waals surface area (Å²) in [7, 11) is -7.72. The van der Waals surface area contributed by atoms with E-state index in [1.165, 1.54) is 0 Å². The number of anilines is 4. The van der Waals surface area contributed by atoms with Crippen LogP contribution >= 0.6 is 0 Å². The maximum Gasteiger partial charge on any atom is 0.324 e. The van der Waals surface area contributed by atoms with Crippen LogP contribution in [-0.4, -0.2) is 79.0 Å². The van der Waals surface area contributed by atoms with Crippen LogP contribution in [0.4, 0.5) is 27.9 Å². The molecule has 294 valence electrons. The van der Waals surface area contributed by atoms with Crippen molar-refractivity contribution >= 4 is 54.8 Å². The van der Waals surface area contributed by atoms with Gasteiger partial charge < -0.3 is 15.5 Å². The number of carbonyl (C=O) groups excluding carboxylic acids is 2. The normalized spacial score (nSPS) is 14.0. The summed E-state index contributed by atoms with van der Waals surface area (Å²) in [6, 6.07) is 24.8. The second kappa shape index (κ2) is 15.9. The topological polar surface area (TPSA) is 185 Å². The van der Waals surface area contributed by atoms with Gasteiger partial charge in [-0.1, -0.05) is 62.7 Å². The van der Waals surface area contributed by atoms with E-state index >= 15 is 0 Å². The molecule has 1 aliphatic heterocycles. The minimum absolute atomic E-state index is 0.220. The van der Waals surface area contributed by atoms with Crippen LogP contribution in [-0.2, 0) is 31.5 Å². The average Bonchev–Trinajstić information content (AvgIpc) is 3.56. The summed E-state index contributed by atoms with van der Waals surface area (Å²) in [5, 5.41) is 12.7. The molecule has 3 heterocycles. The first-order chi connectivity index (χ1) is 26.3. The highest BCUT2D eigenvalue weighted by atomic mass is 32.2. The molecule has 14 nitrogen and oxygen atoms in total. The summed E-state index contributed by atoms with van der Waals surface area (Å²) < 4.78 is 50.7. The number of aromatic nitrogens is 4. The van der Waals surface area contributed by atoms with E-state index in [4.69, 9.17) is 5.10 Å². The van der Waals surface area contributed by atoms with Crippen LogP contribution in [0.15, 0.2) is 95.0 Å². The molecule has 3 N–H and O–H groups in total. The van der Waals surface area contributed by atoms with Crippen LogP contribution in [0.2, 0.25) is 0 Å². The Labute approximate surface area is 327 Å². The molecule has 3 aromatic carbocycles. The molecule has 6 rings (SSSR count). The smallest absolute Gasteiger partial charge is 0.324 e. The minimum atomic E-state index is -3.86. The van der Waals surface area contributed by atoms with Crippen LogP contribution in [0.3, 0.4) is 0 Å². The fourth-order valence-corrected chi connectivity index (χ4v) is 7.59. The second-order valence-electron chi connectivity index (χ2n) is 15.2. The number of benzene rings is 3. The third-order valence-electron chi connectivity index (χ3n) is 9.45. The fourth-order valence-electron chi connectivity index (χ4n) is 6.36. The molecule has 1 saturated heterocycles. The Hall–Kier alpha value is -5.61. The van der Waals surface area contributed by atoms with Crippen molar-refractivity contribution in [3.8, 4) is 5.69 Å². The monoisotopic (exact) mass is 798 g/mol. The maximum absolute atomic E-state index is 13.8. The van der Waals surface area contributed by atoms with Crippen LogP contribution in [0.5, 0.6) is 0 Å². The Morgan fingerprint density at radius 3 is 2.07 bits per heavy atom. The van der Waals surface area contributed by atoms with E-state index in [0.29, 0.717) is 41.8 Å².